The Hall–Kier alpha value is -0.380. The Bertz CT molecular complexity index is 325. The van der Waals surface area contributed by atoms with E-state index in [0.717, 1.165) is 30.4 Å². The van der Waals surface area contributed by atoms with Crippen molar-refractivity contribution in [2.24, 2.45) is 0 Å². The second kappa shape index (κ2) is 5.80. The topological polar surface area (TPSA) is 21.3 Å². The van der Waals surface area contributed by atoms with Crippen molar-refractivity contribution < 1.29 is 4.74 Å². The van der Waals surface area contributed by atoms with Crippen molar-refractivity contribution in [1.29, 1.82) is 0 Å². The lowest BCUT2D eigenvalue weighted by Gasteiger charge is -2.14. The first kappa shape index (κ1) is 12.1. The van der Waals surface area contributed by atoms with Gasteiger partial charge in [-0.05, 0) is 37.1 Å². The third kappa shape index (κ3) is 3.06. The van der Waals surface area contributed by atoms with Gasteiger partial charge in [0.15, 0.2) is 0 Å². The zero-order valence-corrected chi connectivity index (χ0v) is 11.2. The van der Waals surface area contributed by atoms with Gasteiger partial charge in [0.2, 0.25) is 0 Å². The summed E-state index contributed by atoms with van der Waals surface area (Å²) in [6, 6.07) is 8.45. The first-order valence-corrected chi connectivity index (χ1v) is 6.70. The van der Waals surface area contributed by atoms with E-state index in [4.69, 9.17) is 4.74 Å². The van der Waals surface area contributed by atoms with Crippen molar-refractivity contribution in [2.75, 3.05) is 13.1 Å². The third-order valence-corrected chi connectivity index (χ3v) is 3.50. The molecule has 0 aliphatic carbocycles. The molecule has 1 aliphatic heterocycles. The molecule has 2 unspecified atom stereocenters. The molecule has 3 heteroatoms. The predicted molar refractivity (Wildman–Crippen MR) is 69.5 cm³/mol. The molecule has 1 N–H and O–H groups in total. The van der Waals surface area contributed by atoms with Gasteiger partial charge >= 0.3 is 0 Å². The molecule has 0 spiro atoms. The van der Waals surface area contributed by atoms with Crippen molar-refractivity contribution in [3.8, 4) is 0 Å². The van der Waals surface area contributed by atoms with Gasteiger partial charge in [0, 0.05) is 11.0 Å². The minimum Gasteiger partial charge on any atom is -0.369 e. The standard InChI is InChI=1S/C13H18BrNO/c1-2-15-9-12-7-8-13(16-12)10-3-5-11(14)6-4-10/h3-6,12-13,15H,2,7-9H2,1H3. The van der Waals surface area contributed by atoms with Gasteiger partial charge in [0.05, 0.1) is 12.2 Å². The highest BCUT2D eigenvalue weighted by Crippen LogP contribution is 2.32. The van der Waals surface area contributed by atoms with Crippen LogP contribution >= 0.6 is 15.9 Å². The highest BCUT2D eigenvalue weighted by atomic mass is 79.9. The molecule has 1 aromatic rings. The first-order chi connectivity index (χ1) is 7.79. The number of likely N-dealkylation sites (N-methyl/N-ethyl adjacent to an activating group) is 1. The maximum Gasteiger partial charge on any atom is 0.0830 e. The molecule has 1 fully saturated rings. The van der Waals surface area contributed by atoms with Crippen molar-refractivity contribution in [2.45, 2.75) is 32.0 Å². The third-order valence-electron chi connectivity index (χ3n) is 2.97. The number of rotatable bonds is 4. The summed E-state index contributed by atoms with van der Waals surface area (Å²) in [7, 11) is 0. The normalized spacial score (nSPS) is 24.9. The zero-order valence-electron chi connectivity index (χ0n) is 9.58. The van der Waals surface area contributed by atoms with Crippen LogP contribution in [0, 0.1) is 0 Å². The molecular weight excluding hydrogens is 266 g/mol. The Morgan fingerprint density at radius 2 is 2.06 bits per heavy atom. The van der Waals surface area contributed by atoms with Crippen molar-refractivity contribution in [3.63, 3.8) is 0 Å². The molecule has 2 nitrogen and oxygen atoms in total. The Balaban J connectivity index is 1.90. The van der Waals surface area contributed by atoms with Gasteiger partial charge in [0.25, 0.3) is 0 Å². The molecule has 2 rings (SSSR count). The number of nitrogens with one attached hydrogen (secondary N) is 1. The van der Waals surface area contributed by atoms with Gasteiger partial charge in [-0.3, -0.25) is 0 Å². The summed E-state index contributed by atoms with van der Waals surface area (Å²) >= 11 is 3.45. The van der Waals surface area contributed by atoms with Crippen LogP contribution in [-0.2, 0) is 4.74 Å². The summed E-state index contributed by atoms with van der Waals surface area (Å²) in [5.41, 5.74) is 1.29. The minimum absolute atomic E-state index is 0.289. The van der Waals surface area contributed by atoms with E-state index in [1.807, 2.05) is 0 Å². The van der Waals surface area contributed by atoms with Gasteiger partial charge in [0.1, 0.15) is 0 Å². The monoisotopic (exact) mass is 283 g/mol. The van der Waals surface area contributed by atoms with E-state index in [-0.39, 0.29) is 6.10 Å². The molecule has 0 saturated carbocycles. The van der Waals surface area contributed by atoms with Crippen molar-refractivity contribution in [3.05, 3.63) is 34.3 Å². The lowest BCUT2D eigenvalue weighted by molar-refractivity contribution is 0.0452. The minimum atomic E-state index is 0.289. The van der Waals surface area contributed by atoms with Gasteiger partial charge in [-0.2, -0.15) is 0 Å². The smallest absolute Gasteiger partial charge is 0.0830 e. The summed E-state index contributed by atoms with van der Waals surface area (Å²) < 4.78 is 7.14. The fourth-order valence-corrected chi connectivity index (χ4v) is 2.35. The lowest BCUT2D eigenvalue weighted by Crippen LogP contribution is -2.26. The number of halogens is 1. The van der Waals surface area contributed by atoms with E-state index in [1.54, 1.807) is 0 Å². The van der Waals surface area contributed by atoms with E-state index in [0.29, 0.717) is 6.10 Å². The van der Waals surface area contributed by atoms with Crippen LogP contribution in [0.15, 0.2) is 28.7 Å². The average Bonchev–Trinajstić information content (AvgIpc) is 2.76. The van der Waals surface area contributed by atoms with Gasteiger partial charge in [-0.1, -0.05) is 35.0 Å². The van der Waals surface area contributed by atoms with Crippen LogP contribution in [0.1, 0.15) is 31.4 Å². The highest BCUT2D eigenvalue weighted by Gasteiger charge is 2.25. The van der Waals surface area contributed by atoms with Crippen LogP contribution in [-0.4, -0.2) is 19.2 Å². The summed E-state index contributed by atoms with van der Waals surface area (Å²) in [6.45, 7) is 4.12. The summed E-state index contributed by atoms with van der Waals surface area (Å²) in [6.07, 6.45) is 2.97. The van der Waals surface area contributed by atoms with E-state index < -0.39 is 0 Å². The van der Waals surface area contributed by atoms with Crippen LogP contribution < -0.4 is 5.32 Å². The molecule has 88 valence electrons. The van der Waals surface area contributed by atoms with Crippen LogP contribution in [0.3, 0.4) is 0 Å². The molecule has 0 aromatic heterocycles. The summed E-state index contributed by atoms with van der Waals surface area (Å²) in [5, 5.41) is 3.34. The van der Waals surface area contributed by atoms with Crippen LogP contribution in [0.5, 0.6) is 0 Å². The van der Waals surface area contributed by atoms with E-state index >= 15 is 0 Å². The Labute approximate surface area is 106 Å². The average molecular weight is 284 g/mol. The molecule has 16 heavy (non-hydrogen) atoms. The molecule has 2 atom stereocenters. The predicted octanol–water partition coefficient (Wildman–Crippen LogP) is 3.28. The highest BCUT2D eigenvalue weighted by molar-refractivity contribution is 9.10. The van der Waals surface area contributed by atoms with Crippen molar-refractivity contribution in [1.82, 2.24) is 5.32 Å². The molecule has 1 heterocycles. The van der Waals surface area contributed by atoms with Gasteiger partial charge in [-0.25, -0.2) is 0 Å². The fraction of sp³-hybridized carbons (Fsp3) is 0.538. The molecule has 1 aromatic carbocycles. The van der Waals surface area contributed by atoms with Crippen LogP contribution in [0.4, 0.5) is 0 Å². The largest absolute Gasteiger partial charge is 0.369 e. The number of ether oxygens (including phenoxy) is 1. The van der Waals surface area contributed by atoms with Gasteiger partial charge in [-0.15, -0.1) is 0 Å². The quantitative estimate of drug-likeness (QED) is 0.916. The summed E-state index contributed by atoms with van der Waals surface area (Å²) in [4.78, 5) is 0. The Morgan fingerprint density at radius 3 is 2.75 bits per heavy atom. The van der Waals surface area contributed by atoms with E-state index in [2.05, 4.69) is 52.4 Å². The molecule has 1 aliphatic rings. The second-order valence-electron chi connectivity index (χ2n) is 4.18. The van der Waals surface area contributed by atoms with Gasteiger partial charge < -0.3 is 10.1 Å². The van der Waals surface area contributed by atoms with Crippen LogP contribution in [0.2, 0.25) is 0 Å². The molecule has 0 bridgehead atoms. The Kier molecular flexibility index (Phi) is 4.38. The molecule has 1 saturated heterocycles. The van der Waals surface area contributed by atoms with Crippen LogP contribution in [0.25, 0.3) is 0 Å². The SMILES string of the molecule is CCNCC1CCC(c2ccc(Br)cc2)O1. The maximum atomic E-state index is 6.01. The Morgan fingerprint density at radius 1 is 1.31 bits per heavy atom. The zero-order chi connectivity index (χ0) is 11.4. The molecule has 0 radical (unpaired) electrons. The van der Waals surface area contributed by atoms with E-state index in [9.17, 15) is 0 Å². The van der Waals surface area contributed by atoms with Crippen molar-refractivity contribution >= 4 is 15.9 Å². The van der Waals surface area contributed by atoms with E-state index in [1.165, 1.54) is 5.56 Å². The fourth-order valence-electron chi connectivity index (χ4n) is 2.08. The number of hydrogen-bond donors (Lipinski definition) is 1. The molecule has 0 amide bonds. The lowest BCUT2D eigenvalue weighted by atomic mass is 10.1. The maximum absolute atomic E-state index is 6.01. The second-order valence-corrected chi connectivity index (χ2v) is 5.10. The number of benzene rings is 1. The first-order valence-electron chi connectivity index (χ1n) is 5.91. The molecular formula is C13H18BrNO. The number of hydrogen-bond acceptors (Lipinski definition) is 2. The summed E-state index contributed by atoms with van der Waals surface area (Å²) in [5.74, 6) is 0.